The smallest absolute Gasteiger partial charge is 0.336 e. The van der Waals surface area contributed by atoms with Crippen molar-refractivity contribution in [2.45, 2.75) is 26.7 Å². The molecule has 0 amide bonds. The first-order valence-corrected chi connectivity index (χ1v) is 10.5. The topological polar surface area (TPSA) is 83.6 Å². The second-order valence-corrected chi connectivity index (χ2v) is 7.46. The van der Waals surface area contributed by atoms with Crippen molar-refractivity contribution in [3.63, 3.8) is 0 Å². The average Bonchev–Trinajstić information content (AvgIpc) is 3.23. The van der Waals surface area contributed by atoms with E-state index in [0.717, 1.165) is 41.5 Å². The van der Waals surface area contributed by atoms with Gasteiger partial charge in [-0.05, 0) is 55.3 Å². The highest BCUT2D eigenvalue weighted by molar-refractivity contribution is 6.00. The summed E-state index contributed by atoms with van der Waals surface area (Å²) in [6.07, 6.45) is 4.23. The maximum Gasteiger partial charge on any atom is 0.336 e. The van der Waals surface area contributed by atoms with Crippen molar-refractivity contribution >= 4 is 17.3 Å². The Balaban J connectivity index is 1.94. The Labute approximate surface area is 185 Å². The van der Waals surface area contributed by atoms with Gasteiger partial charge in [0, 0.05) is 17.6 Å². The molecule has 0 aliphatic heterocycles. The van der Waals surface area contributed by atoms with Crippen molar-refractivity contribution in [3.8, 4) is 28.4 Å². The molecule has 0 saturated heterocycles. The number of benzene rings is 2. The monoisotopic (exact) mass is 432 g/mol. The number of hydrogen-bond acceptors (Lipinski definition) is 6. The van der Waals surface area contributed by atoms with Gasteiger partial charge >= 0.3 is 5.63 Å². The number of aromatic nitrogens is 2. The standard InChI is InChI=1S/C25H24N2O5/c1-4-5-12-31-21-11-10-20-16(2)13-22(29)32-25(20)23(21)24-17(15-28)14-27(26-24)18-6-8-19(30-3)9-7-18/h6-11,13-15H,4-5,12H2,1-3H3. The fourth-order valence-electron chi connectivity index (χ4n) is 3.57. The quantitative estimate of drug-likeness (QED) is 0.222. The number of ether oxygens (including phenoxy) is 2. The number of rotatable bonds is 8. The molecule has 0 fully saturated rings. The van der Waals surface area contributed by atoms with Crippen molar-refractivity contribution in [2.24, 2.45) is 0 Å². The highest BCUT2D eigenvalue weighted by Crippen LogP contribution is 2.38. The maximum absolute atomic E-state index is 12.2. The number of nitrogens with zero attached hydrogens (tertiary/aromatic N) is 2. The summed E-state index contributed by atoms with van der Waals surface area (Å²) in [5, 5.41) is 5.44. The Hall–Kier alpha value is -3.87. The summed E-state index contributed by atoms with van der Waals surface area (Å²) in [4.78, 5) is 24.2. The van der Waals surface area contributed by atoms with Gasteiger partial charge in [0.2, 0.25) is 0 Å². The molecule has 0 N–H and O–H groups in total. The molecule has 0 spiro atoms. The van der Waals surface area contributed by atoms with Gasteiger partial charge in [-0.15, -0.1) is 0 Å². The summed E-state index contributed by atoms with van der Waals surface area (Å²) in [5.41, 5.74) is 2.66. The van der Waals surface area contributed by atoms with Gasteiger partial charge in [-0.25, -0.2) is 9.48 Å². The van der Waals surface area contributed by atoms with E-state index in [-0.39, 0.29) is 0 Å². The Morgan fingerprint density at radius 1 is 1.16 bits per heavy atom. The van der Waals surface area contributed by atoms with Gasteiger partial charge in [0.05, 0.1) is 30.5 Å². The molecule has 2 heterocycles. The molecule has 7 nitrogen and oxygen atoms in total. The highest BCUT2D eigenvalue weighted by atomic mass is 16.5. The molecule has 0 radical (unpaired) electrons. The number of fused-ring (bicyclic) bond motifs is 1. The highest BCUT2D eigenvalue weighted by Gasteiger charge is 2.22. The molecule has 0 unspecified atom stereocenters. The van der Waals surface area contributed by atoms with Crippen LogP contribution in [-0.4, -0.2) is 29.8 Å². The van der Waals surface area contributed by atoms with Gasteiger partial charge < -0.3 is 13.9 Å². The molecule has 2 aromatic heterocycles. The molecule has 32 heavy (non-hydrogen) atoms. The van der Waals surface area contributed by atoms with Gasteiger partial charge in [0.15, 0.2) is 11.9 Å². The third-order valence-corrected chi connectivity index (χ3v) is 5.28. The number of aldehydes is 1. The third-order valence-electron chi connectivity index (χ3n) is 5.28. The first-order valence-electron chi connectivity index (χ1n) is 10.5. The van der Waals surface area contributed by atoms with E-state index in [1.54, 1.807) is 18.0 Å². The van der Waals surface area contributed by atoms with Crippen LogP contribution in [0, 0.1) is 6.92 Å². The number of aryl methyl sites for hydroxylation is 1. The number of carbonyl (C=O) groups is 1. The molecule has 164 valence electrons. The molecule has 0 bridgehead atoms. The van der Waals surface area contributed by atoms with Crippen LogP contribution < -0.4 is 15.1 Å². The zero-order valence-electron chi connectivity index (χ0n) is 18.3. The molecule has 4 rings (SSSR count). The molecular formula is C25H24N2O5. The predicted octanol–water partition coefficient (Wildman–Crippen LogP) is 4.95. The molecule has 7 heteroatoms. The van der Waals surface area contributed by atoms with Crippen molar-refractivity contribution in [3.05, 3.63) is 70.2 Å². The van der Waals surface area contributed by atoms with Crippen molar-refractivity contribution in [2.75, 3.05) is 13.7 Å². The van der Waals surface area contributed by atoms with Crippen LogP contribution in [0.15, 0.2) is 57.9 Å². The molecule has 0 saturated carbocycles. The van der Waals surface area contributed by atoms with Crippen LogP contribution in [0.5, 0.6) is 11.5 Å². The minimum Gasteiger partial charge on any atom is -0.497 e. The third kappa shape index (κ3) is 4.01. The van der Waals surface area contributed by atoms with Crippen molar-refractivity contribution in [1.29, 1.82) is 0 Å². The van der Waals surface area contributed by atoms with E-state index < -0.39 is 5.63 Å². The average molecular weight is 432 g/mol. The van der Waals surface area contributed by atoms with Crippen LogP contribution in [0.2, 0.25) is 0 Å². The van der Waals surface area contributed by atoms with E-state index in [9.17, 15) is 9.59 Å². The molecule has 4 aromatic rings. The van der Waals surface area contributed by atoms with Gasteiger partial charge in [0.1, 0.15) is 17.2 Å². The second-order valence-electron chi connectivity index (χ2n) is 7.46. The van der Waals surface area contributed by atoms with E-state index in [4.69, 9.17) is 13.9 Å². The van der Waals surface area contributed by atoms with Crippen LogP contribution in [0.4, 0.5) is 0 Å². The Bertz CT molecular complexity index is 1320. The lowest BCUT2D eigenvalue weighted by molar-refractivity contribution is 0.112. The van der Waals surface area contributed by atoms with Gasteiger partial charge in [-0.1, -0.05) is 13.3 Å². The molecular weight excluding hydrogens is 408 g/mol. The summed E-state index contributed by atoms with van der Waals surface area (Å²) in [6.45, 7) is 4.42. The van der Waals surface area contributed by atoms with E-state index in [1.165, 1.54) is 6.07 Å². The van der Waals surface area contributed by atoms with Gasteiger partial charge in [-0.2, -0.15) is 5.10 Å². The van der Waals surface area contributed by atoms with Crippen LogP contribution in [-0.2, 0) is 0 Å². The predicted molar refractivity (Wildman–Crippen MR) is 122 cm³/mol. The lowest BCUT2D eigenvalue weighted by atomic mass is 10.0. The summed E-state index contributed by atoms with van der Waals surface area (Å²) in [7, 11) is 1.60. The normalized spacial score (nSPS) is 11.0. The first-order chi connectivity index (χ1) is 15.5. The summed E-state index contributed by atoms with van der Waals surface area (Å²) in [5.74, 6) is 1.23. The number of hydrogen-bond donors (Lipinski definition) is 0. The van der Waals surface area contributed by atoms with Crippen molar-refractivity contribution in [1.82, 2.24) is 9.78 Å². The summed E-state index contributed by atoms with van der Waals surface area (Å²) in [6, 6.07) is 12.5. The van der Waals surface area contributed by atoms with Crippen molar-refractivity contribution < 1.29 is 18.7 Å². The van der Waals surface area contributed by atoms with E-state index in [0.29, 0.717) is 34.8 Å². The zero-order valence-corrected chi connectivity index (χ0v) is 18.3. The van der Waals surface area contributed by atoms with Gasteiger partial charge in [-0.3, -0.25) is 4.79 Å². The van der Waals surface area contributed by atoms with Crippen LogP contribution in [0.3, 0.4) is 0 Å². The SMILES string of the molecule is CCCCOc1ccc2c(C)cc(=O)oc2c1-c1nn(-c2ccc(OC)cc2)cc1C=O. The Kier molecular flexibility index (Phi) is 6.07. The molecule has 0 atom stereocenters. The maximum atomic E-state index is 12.2. The van der Waals surface area contributed by atoms with Gasteiger partial charge in [0.25, 0.3) is 0 Å². The Morgan fingerprint density at radius 3 is 2.62 bits per heavy atom. The minimum absolute atomic E-state index is 0.354. The minimum atomic E-state index is -0.468. The lowest BCUT2D eigenvalue weighted by Gasteiger charge is -2.13. The summed E-state index contributed by atoms with van der Waals surface area (Å²) < 4.78 is 18.4. The second kappa shape index (κ2) is 9.09. The molecule has 0 aliphatic rings. The lowest BCUT2D eigenvalue weighted by Crippen LogP contribution is -2.03. The number of carbonyl (C=O) groups excluding carboxylic acids is 1. The first kappa shape index (κ1) is 21.4. The van der Waals surface area contributed by atoms with Crippen LogP contribution in [0.25, 0.3) is 27.9 Å². The van der Waals surface area contributed by atoms with Crippen LogP contribution >= 0.6 is 0 Å². The van der Waals surface area contributed by atoms with Crippen LogP contribution in [0.1, 0.15) is 35.7 Å². The summed E-state index contributed by atoms with van der Waals surface area (Å²) >= 11 is 0. The van der Waals surface area contributed by atoms with E-state index >= 15 is 0 Å². The fourth-order valence-corrected chi connectivity index (χ4v) is 3.57. The zero-order chi connectivity index (χ0) is 22.7. The number of unbranched alkanes of at least 4 members (excludes halogenated alkanes) is 1. The number of methoxy groups -OCH3 is 1. The Morgan fingerprint density at radius 2 is 1.94 bits per heavy atom. The molecule has 0 aliphatic carbocycles. The fraction of sp³-hybridized carbons (Fsp3) is 0.240. The van der Waals surface area contributed by atoms with E-state index in [1.807, 2.05) is 43.3 Å². The van der Waals surface area contributed by atoms with E-state index in [2.05, 4.69) is 12.0 Å². The molecule has 2 aromatic carbocycles. The largest absolute Gasteiger partial charge is 0.497 e.